The van der Waals surface area contributed by atoms with Gasteiger partial charge in [0.05, 0.1) is 7.11 Å². The monoisotopic (exact) mass is 252 g/mol. The first-order valence-corrected chi connectivity index (χ1v) is 5.91. The van der Waals surface area contributed by atoms with Crippen molar-refractivity contribution >= 4 is 11.6 Å². The van der Waals surface area contributed by atoms with Gasteiger partial charge >= 0.3 is 0 Å². The second-order valence-electron chi connectivity index (χ2n) is 4.25. The second kappa shape index (κ2) is 6.86. The van der Waals surface area contributed by atoms with Crippen molar-refractivity contribution in [3.05, 3.63) is 23.8 Å². The van der Waals surface area contributed by atoms with Gasteiger partial charge in [0.15, 0.2) is 0 Å². The number of ether oxygens (including phenoxy) is 1. The predicted octanol–water partition coefficient (Wildman–Crippen LogP) is 1.03. The Labute approximate surface area is 107 Å². The molecule has 0 bridgehead atoms. The van der Waals surface area contributed by atoms with Crippen molar-refractivity contribution in [3.8, 4) is 5.75 Å². The van der Waals surface area contributed by atoms with E-state index in [-0.39, 0.29) is 18.4 Å². The number of hydrogen-bond acceptors (Lipinski definition) is 4. The summed E-state index contributed by atoms with van der Waals surface area (Å²) in [5.74, 6) is 0.423. The second-order valence-corrected chi connectivity index (χ2v) is 4.25. The number of methoxy groups -OCH3 is 1. The molecule has 1 rings (SSSR count). The Morgan fingerprint density at radius 1 is 1.56 bits per heavy atom. The molecule has 0 aliphatic carbocycles. The normalized spacial score (nSPS) is 11.9. The van der Waals surface area contributed by atoms with E-state index < -0.39 is 0 Å². The highest BCUT2D eigenvalue weighted by atomic mass is 16.5. The summed E-state index contributed by atoms with van der Waals surface area (Å²) in [5.41, 5.74) is 6.53. The van der Waals surface area contributed by atoms with Crippen molar-refractivity contribution in [2.75, 3.05) is 26.0 Å². The number of carbonyl (C=O) groups excluding carboxylic acids is 1. The maximum absolute atomic E-state index is 12.0. The lowest BCUT2D eigenvalue weighted by Crippen LogP contribution is -2.29. The van der Waals surface area contributed by atoms with Crippen LogP contribution < -0.4 is 15.8 Å². The highest BCUT2D eigenvalue weighted by Gasteiger charge is 2.15. The molecule has 18 heavy (non-hydrogen) atoms. The molecule has 100 valence electrons. The number of rotatable bonds is 6. The number of nitrogen functional groups attached to an aromatic ring is 1. The fourth-order valence-electron chi connectivity index (χ4n) is 1.64. The number of aliphatic hydroxyl groups excluding tert-OH is 1. The lowest BCUT2D eigenvalue weighted by molar-refractivity contribution is 0.0943. The van der Waals surface area contributed by atoms with E-state index in [9.17, 15) is 4.79 Å². The topological polar surface area (TPSA) is 84.6 Å². The maximum atomic E-state index is 12.0. The van der Waals surface area contributed by atoms with Crippen LogP contribution in [-0.4, -0.2) is 31.3 Å². The third kappa shape index (κ3) is 3.63. The van der Waals surface area contributed by atoms with E-state index in [4.69, 9.17) is 15.6 Å². The Hall–Kier alpha value is -1.75. The molecule has 0 radical (unpaired) electrons. The Morgan fingerprint density at radius 2 is 2.28 bits per heavy atom. The molecule has 0 saturated carbocycles. The Balaban J connectivity index is 2.72. The molecule has 0 aromatic heterocycles. The molecule has 0 fully saturated rings. The van der Waals surface area contributed by atoms with E-state index in [2.05, 4.69) is 5.32 Å². The van der Waals surface area contributed by atoms with Gasteiger partial charge in [-0.25, -0.2) is 0 Å². The lowest BCUT2D eigenvalue weighted by atomic mass is 10.1. The molecule has 0 spiro atoms. The van der Waals surface area contributed by atoms with Crippen molar-refractivity contribution in [1.29, 1.82) is 0 Å². The predicted molar refractivity (Wildman–Crippen MR) is 70.6 cm³/mol. The van der Waals surface area contributed by atoms with E-state index in [1.165, 1.54) is 7.11 Å². The van der Waals surface area contributed by atoms with Crippen molar-refractivity contribution in [1.82, 2.24) is 5.32 Å². The van der Waals surface area contributed by atoms with E-state index in [0.717, 1.165) is 0 Å². The van der Waals surface area contributed by atoms with Crippen LogP contribution in [-0.2, 0) is 0 Å². The number of benzene rings is 1. The van der Waals surface area contributed by atoms with Crippen LogP contribution in [0.4, 0.5) is 5.69 Å². The first kappa shape index (κ1) is 14.3. The van der Waals surface area contributed by atoms with Crippen molar-refractivity contribution in [3.63, 3.8) is 0 Å². The third-order valence-corrected chi connectivity index (χ3v) is 2.74. The van der Waals surface area contributed by atoms with Gasteiger partial charge in [0.25, 0.3) is 5.91 Å². The first-order valence-electron chi connectivity index (χ1n) is 5.91. The molecular weight excluding hydrogens is 232 g/mol. The number of aliphatic hydroxyl groups is 1. The van der Waals surface area contributed by atoms with Gasteiger partial charge in [0.1, 0.15) is 11.3 Å². The van der Waals surface area contributed by atoms with Crippen LogP contribution >= 0.6 is 0 Å². The zero-order valence-electron chi connectivity index (χ0n) is 10.8. The largest absolute Gasteiger partial charge is 0.496 e. The summed E-state index contributed by atoms with van der Waals surface area (Å²) in [6, 6.07) is 5.09. The summed E-state index contributed by atoms with van der Waals surface area (Å²) in [7, 11) is 1.50. The zero-order valence-corrected chi connectivity index (χ0v) is 10.8. The first-order chi connectivity index (χ1) is 8.60. The third-order valence-electron chi connectivity index (χ3n) is 2.74. The molecule has 0 aliphatic heterocycles. The summed E-state index contributed by atoms with van der Waals surface area (Å²) >= 11 is 0. The minimum atomic E-state index is -0.255. The molecule has 0 saturated heterocycles. The molecule has 5 nitrogen and oxygen atoms in total. The van der Waals surface area contributed by atoms with E-state index in [1.807, 2.05) is 6.92 Å². The van der Waals surface area contributed by atoms with Gasteiger partial charge < -0.3 is 20.9 Å². The van der Waals surface area contributed by atoms with Crippen LogP contribution in [0.1, 0.15) is 23.7 Å². The standard InChI is InChI=1S/C13H20N2O3/c1-9(6-7-16)8-15-13(17)12-10(14)4-3-5-11(12)18-2/h3-5,9,16H,6-8,14H2,1-2H3,(H,15,17). The van der Waals surface area contributed by atoms with E-state index in [0.29, 0.717) is 30.0 Å². The van der Waals surface area contributed by atoms with Crippen LogP contribution in [0.2, 0.25) is 0 Å². The zero-order chi connectivity index (χ0) is 13.5. The molecule has 0 heterocycles. The van der Waals surface area contributed by atoms with Crippen molar-refractivity contribution < 1.29 is 14.6 Å². The number of nitrogens with two attached hydrogens (primary N) is 1. The van der Waals surface area contributed by atoms with E-state index in [1.54, 1.807) is 18.2 Å². The average Bonchev–Trinajstić information content (AvgIpc) is 2.36. The Kier molecular flexibility index (Phi) is 5.45. The molecule has 1 aromatic rings. The molecular formula is C13H20N2O3. The average molecular weight is 252 g/mol. The van der Waals surface area contributed by atoms with Crippen LogP contribution in [0.5, 0.6) is 5.75 Å². The summed E-state index contributed by atoms with van der Waals surface area (Å²) in [5, 5.41) is 11.6. The highest BCUT2D eigenvalue weighted by Crippen LogP contribution is 2.23. The summed E-state index contributed by atoms with van der Waals surface area (Å²) in [6.45, 7) is 2.58. The van der Waals surface area contributed by atoms with Crippen LogP contribution in [0, 0.1) is 5.92 Å². The van der Waals surface area contributed by atoms with Gasteiger partial charge in [-0.3, -0.25) is 4.79 Å². The summed E-state index contributed by atoms with van der Waals surface area (Å²) in [4.78, 5) is 12.0. The summed E-state index contributed by atoms with van der Waals surface area (Å²) in [6.07, 6.45) is 0.654. The number of hydrogen-bond donors (Lipinski definition) is 3. The molecule has 1 amide bonds. The molecule has 5 heteroatoms. The van der Waals surface area contributed by atoms with Crippen molar-refractivity contribution in [2.24, 2.45) is 5.92 Å². The lowest BCUT2D eigenvalue weighted by Gasteiger charge is -2.14. The maximum Gasteiger partial charge on any atom is 0.257 e. The van der Waals surface area contributed by atoms with Gasteiger partial charge in [-0.05, 0) is 24.5 Å². The smallest absolute Gasteiger partial charge is 0.257 e. The number of nitrogens with one attached hydrogen (secondary N) is 1. The molecule has 1 aromatic carbocycles. The van der Waals surface area contributed by atoms with Crippen LogP contribution in [0.25, 0.3) is 0 Å². The van der Waals surface area contributed by atoms with Crippen LogP contribution in [0.15, 0.2) is 18.2 Å². The van der Waals surface area contributed by atoms with Gasteiger partial charge in [-0.2, -0.15) is 0 Å². The minimum absolute atomic E-state index is 0.119. The van der Waals surface area contributed by atoms with E-state index >= 15 is 0 Å². The fraction of sp³-hybridized carbons (Fsp3) is 0.462. The SMILES string of the molecule is COc1cccc(N)c1C(=O)NCC(C)CCO. The van der Waals surface area contributed by atoms with Gasteiger partial charge in [-0.1, -0.05) is 13.0 Å². The van der Waals surface area contributed by atoms with Crippen LogP contribution in [0.3, 0.4) is 0 Å². The molecule has 1 unspecified atom stereocenters. The Morgan fingerprint density at radius 3 is 2.89 bits per heavy atom. The van der Waals surface area contributed by atoms with Crippen molar-refractivity contribution in [2.45, 2.75) is 13.3 Å². The summed E-state index contributed by atoms with van der Waals surface area (Å²) < 4.78 is 5.12. The highest BCUT2D eigenvalue weighted by molar-refractivity contribution is 6.01. The number of anilines is 1. The molecule has 0 aliphatic rings. The van der Waals surface area contributed by atoms with Gasteiger partial charge in [0.2, 0.25) is 0 Å². The fourth-order valence-corrected chi connectivity index (χ4v) is 1.64. The minimum Gasteiger partial charge on any atom is -0.496 e. The quantitative estimate of drug-likeness (QED) is 0.660. The van der Waals surface area contributed by atoms with Gasteiger partial charge in [-0.15, -0.1) is 0 Å². The number of amides is 1. The number of carbonyl (C=O) groups is 1. The molecule has 4 N–H and O–H groups in total. The molecule has 1 atom stereocenters. The Bertz CT molecular complexity index is 407. The van der Waals surface area contributed by atoms with Gasteiger partial charge in [0, 0.05) is 18.8 Å².